The number of halogens is 1. The van der Waals surface area contributed by atoms with Crippen LogP contribution in [0.1, 0.15) is 5.76 Å². The molecule has 2 aromatic carbocycles. The Morgan fingerprint density at radius 1 is 1.07 bits per heavy atom. The second kappa shape index (κ2) is 8.20. The van der Waals surface area contributed by atoms with Gasteiger partial charge in [-0.3, -0.25) is 4.72 Å². The molecule has 2 heterocycles. The lowest BCUT2D eigenvalue weighted by atomic mass is 10.1. The van der Waals surface area contributed by atoms with Crippen LogP contribution in [0.15, 0.2) is 86.6 Å². The highest BCUT2D eigenvalue weighted by atomic mass is 35.5. The van der Waals surface area contributed by atoms with Crippen LogP contribution in [0.25, 0.3) is 11.3 Å². The third-order valence-electron chi connectivity index (χ3n) is 3.91. The highest BCUT2D eigenvalue weighted by molar-refractivity contribution is 7.92. The highest BCUT2D eigenvalue weighted by Gasteiger charge is 2.17. The number of para-hydroxylation sites is 1. The van der Waals surface area contributed by atoms with E-state index in [1.54, 1.807) is 42.8 Å². The van der Waals surface area contributed by atoms with Crippen LogP contribution in [0.3, 0.4) is 0 Å². The van der Waals surface area contributed by atoms with Crippen LogP contribution in [-0.4, -0.2) is 19.6 Å². The van der Waals surface area contributed by atoms with Gasteiger partial charge >= 0.3 is 0 Å². The van der Waals surface area contributed by atoms with E-state index in [1.807, 2.05) is 11.4 Å². The molecule has 6 nitrogen and oxygen atoms in total. The quantitative estimate of drug-likeness (QED) is 0.392. The normalized spacial score (nSPS) is 11.8. The van der Waals surface area contributed by atoms with Gasteiger partial charge in [0.1, 0.15) is 5.76 Å². The molecule has 0 amide bonds. The molecule has 0 aliphatic carbocycles. The Morgan fingerprint density at radius 3 is 2.62 bits per heavy atom. The molecule has 0 aliphatic heterocycles. The van der Waals surface area contributed by atoms with Crippen LogP contribution < -0.4 is 4.72 Å². The number of anilines is 1. The van der Waals surface area contributed by atoms with Crippen molar-refractivity contribution >= 4 is 50.0 Å². The second-order valence-electron chi connectivity index (χ2n) is 5.89. The van der Waals surface area contributed by atoms with Crippen molar-refractivity contribution in [2.45, 2.75) is 4.90 Å². The summed E-state index contributed by atoms with van der Waals surface area (Å²) in [5, 5.41) is 2.82. The van der Waals surface area contributed by atoms with Gasteiger partial charge in [0.25, 0.3) is 10.0 Å². The van der Waals surface area contributed by atoms with Gasteiger partial charge < -0.3 is 4.42 Å². The molecule has 0 saturated heterocycles. The molecular weight excluding hydrogens is 430 g/mol. The van der Waals surface area contributed by atoms with Crippen molar-refractivity contribution in [1.29, 1.82) is 0 Å². The smallest absolute Gasteiger partial charge is 0.261 e. The zero-order valence-corrected chi connectivity index (χ0v) is 17.2. The van der Waals surface area contributed by atoms with Gasteiger partial charge in [-0.05, 0) is 42.5 Å². The van der Waals surface area contributed by atoms with E-state index in [0.29, 0.717) is 32.9 Å². The van der Waals surface area contributed by atoms with E-state index in [1.165, 1.54) is 35.6 Å². The number of hydrogen-bond acceptors (Lipinski definition) is 6. The first-order chi connectivity index (χ1) is 14.0. The predicted octanol–water partition coefficient (Wildman–Crippen LogP) is 5.61. The molecule has 4 rings (SSSR count). The van der Waals surface area contributed by atoms with E-state index in [4.69, 9.17) is 16.0 Å². The number of sulfonamides is 1. The fourth-order valence-corrected chi connectivity index (χ4v) is 4.41. The number of nitrogens with zero attached hydrogens (tertiary/aromatic N) is 2. The number of thiazole rings is 1. The van der Waals surface area contributed by atoms with Crippen molar-refractivity contribution in [3.63, 3.8) is 0 Å². The standard InChI is InChI=1S/C20H14ClN3O3S2/c21-14-7-9-16(10-8-14)29(25,26)24-18-6-2-1-5-17(18)19-13-28-20(23-19)22-12-15-4-3-11-27-15/h1-13,24H/b22-12+. The summed E-state index contributed by atoms with van der Waals surface area (Å²) in [5.41, 5.74) is 1.70. The largest absolute Gasteiger partial charge is 0.463 e. The summed E-state index contributed by atoms with van der Waals surface area (Å²) in [6.45, 7) is 0. The molecule has 29 heavy (non-hydrogen) atoms. The minimum Gasteiger partial charge on any atom is -0.463 e. The van der Waals surface area contributed by atoms with E-state index in [9.17, 15) is 8.42 Å². The van der Waals surface area contributed by atoms with E-state index < -0.39 is 10.0 Å². The number of furan rings is 1. The number of benzene rings is 2. The molecule has 9 heteroatoms. The Labute approximate surface area is 176 Å². The first-order valence-corrected chi connectivity index (χ1v) is 11.2. The molecule has 0 aliphatic rings. The Kier molecular flexibility index (Phi) is 5.48. The average molecular weight is 444 g/mol. The van der Waals surface area contributed by atoms with Gasteiger partial charge in [-0.2, -0.15) is 0 Å². The van der Waals surface area contributed by atoms with Gasteiger partial charge in [0.05, 0.1) is 28.8 Å². The van der Waals surface area contributed by atoms with Crippen LogP contribution in [0.2, 0.25) is 5.02 Å². The van der Waals surface area contributed by atoms with E-state index in [2.05, 4.69) is 14.7 Å². The highest BCUT2D eigenvalue weighted by Crippen LogP contribution is 2.33. The van der Waals surface area contributed by atoms with Crippen LogP contribution in [-0.2, 0) is 10.0 Å². The van der Waals surface area contributed by atoms with Crippen LogP contribution in [0.4, 0.5) is 10.8 Å². The summed E-state index contributed by atoms with van der Waals surface area (Å²) >= 11 is 7.20. The molecule has 0 atom stereocenters. The number of hydrogen-bond donors (Lipinski definition) is 1. The molecule has 0 bridgehead atoms. The van der Waals surface area contributed by atoms with Crippen molar-refractivity contribution < 1.29 is 12.8 Å². The minimum atomic E-state index is -3.77. The summed E-state index contributed by atoms with van der Waals surface area (Å²) in [6.07, 6.45) is 3.15. The first kappa shape index (κ1) is 19.4. The van der Waals surface area contributed by atoms with Crippen molar-refractivity contribution in [3.8, 4) is 11.3 Å². The lowest BCUT2D eigenvalue weighted by Crippen LogP contribution is -2.13. The fraction of sp³-hybridized carbons (Fsp3) is 0. The van der Waals surface area contributed by atoms with Crippen molar-refractivity contribution in [2.24, 2.45) is 4.99 Å². The Bertz CT molecular complexity index is 1250. The van der Waals surface area contributed by atoms with Crippen LogP contribution in [0.5, 0.6) is 0 Å². The van der Waals surface area contributed by atoms with Crippen LogP contribution >= 0.6 is 22.9 Å². The van der Waals surface area contributed by atoms with E-state index in [0.717, 1.165) is 0 Å². The van der Waals surface area contributed by atoms with Crippen molar-refractivity contribution in [2.75, 3.05) is 4.72 Å². The van der Waals surface area contributed by atoms with Gasteiger partial charge in [0, 0.05) is 16.0 Å². The lowest BCUT2D eigenvalue weighted by molar-refractivity contribution is 0.560. The Hall–Kier alpha value is -2.94. The molecule has 4 aromatic rings. The maximum atomic E-state index is 12.7. The number of aliphatic imine (C=N–C) groups is 1. The van der Waals surface area contributed by atoms with Gasteiger partial charge in [0.15, 0.2) is 0 Å². The summed E-state index contributed by atoms with van der Waals surface area (Å²) < 4.78 is 33.3. The maximum Gasteiger partial charge on any atom is 0.261 e. The van der Waals surface area contributed by atoms with Gasteiger partial charge in [-0.25, -0.2) is 18.4 Å². The Balaban J connectivity index is 1.61. The molecule has 0 saturated carbocycles. The SMILES string of the molecule is O=S(=O)(Nc1ccccc1-c1csc(/N=C/c2ccco2)n1)c1ccc(Cl)cc1. The number of nitrogens with one attached hydrogen (secondary N) is 1. The second-order valence-corrected chi connectivity index (χ2v) is 8.85. The third-order valence-corrected chi connectivity index (χ3v) is 6.29. The topological polar surface area (TPSA) is 84.6 Å². The first-order valence-electron chi connectivity index (χ1n) is 8.42. The summed E-state index contributed by atoms with van der Waals surface area (Å²) in [4.78, 5) is 8.90. The van der Waals surface area contributed by atoms with Gasteiger partial charge in [0.2, 0.25) is 5.13 Å². The monoisotopic (exact) mass is 443 g/mol. The molecule has 0 unspecified atom stereocenters. The lowest BCUT2D eigenvalue weighted by Gasteiger charge is -2.11. The number of rotatable bonds is 6. The molecular formula is C20H14ClN3O3S2. The summed E-state index contributed by atoms with van der Waals surface area (Å²) in [5.74, 6) is 0.623. The zero-order chi connectivity index (χ0) is 20.3. The van der Waals surface area contributed by atoms with Gasteiger partial charge in [-0.15, -0.1) is 11.3 Å². The average Bonchev–Trinajstić information content (AvgIpc) is 3.39. The molecule has 2 aromatic heterocycles. The summed E-state index contributed by atoms with van der Waals surface area (Å²) in [7, 11) is -3.77. The van der Waals surface area contributed by atoms with Gasteiger partial charge in [-0.1, -0.05) is 29.8 Å². The molecule has 1 N–H and O–H groups in total. The van der Waals surface area contributed by atoms with E-state index in [-0.39, 0.29) is 4.90 Å². The Morgan fingerprint density at radius 2 is 1.86 bits per heavy atom. The van der Waals surface area contributed by atoms with Crippen molar-refractivity contribution in [3.05, 3.63) is 83.1 Å². The predicted molar refractivity (Wildman–Crippen MR) is 116 cm³/mol. The number of aromatic nitrogens is 1. The van der Waals surface area contributed by atoms with Crippen LogP contribution in [0, 0.1) is 0 Å². The minimum absolute atomic E-state index is 0.124. The van der Waals surface area contributed by atoms with Crippen molar-refractivity contribution in [1.82, 2.24) is 4.98 Å². The molecule has 0 fully saturated rings. The molecule has 146 valence electrons. The molecule has 0 spiro atoms. The molecule has 0 radical (unpaired) electrons. The van der Waals surface area contributed by atoms with E-state index >= 15 is 0 Å². The zero-order valence-electron chi connectivity index (χ0n) is 14.8. The maximum absolute atomic E-state index is 12.7. The summed E-state index contributed by atoms with van der Waals surface area (Å²) in [6, 6.07) is 16.6. The third kappa shape index (κ3) is 4.56. The fourth-order valence-electron chi connectivity index (χ4n) is 2.54.